The Morgan fingerprint density at radius 1 is 1.05 bits per heavy atom. The molecule has 1 saturated heterocycles. The maximum atomic E-state index is 10.4. The van der Waals surface area contributed by atoms with E-state index < -0.39 is 5.97 Å². The van der Waals surface area contributed by atoms with Crippen LogP contribution in [-0.2, 0) is 9.53 Å². The molecule has 0 aromatic heterocycles. The molecule has 1 N–H and O–H groups in total. The molecule has 0 aromatic carbocycles. The summed E-state index contributed by atoms with van der Waals surface area (Å²) in [6.07, 6.45) is 19.8. The Morgan fingerprint density at radius 2 is 1.86 bits per heavy atom. The van der Waals surface area contributed by atoms with Crippen LogP contribution in [0.4, 0.5) is 0 Å². The predicted molar refractivity (Wildman–Crippen MR) is 86.4 cm³/mol. The van der Waals surface area contributed by atoms with Gasteiger partial charge in [0, 0.05) is 6.42 Å². The number of unbranched alkanes of at least 4 members (excludes halogenated alkanes) is 4. The first-order valence-corrected chi connectivity index (χ1v) is 8.41. The Kier molecular flexibility index (Phi) is 9.88. The highest BCUT2D eigenvalue weighted by Gasteiger charge is 2.36. The summed E-state index contributed by atoms with van der Waals surface area (Å²) in [5.41, 5.74) is 0. The van der Waals surface area contributed by atoms with E-state index in [-0.39, 0.29) is 6.42 Å². The molecule has 0 saturated carbocycles. The second-order valence-electron chi connectivity index (χ2n) is 5.76. The zero-order chi connectivity index (χ0) is 15.3. The Balaban J connectivity index is 1.90. The minimum atomic E-state index is -0.700. The Labute approximate surface area is 129 Å². The molecule has 120 valence electrons. The van der Waals surface area contributed by atoms with Crippen LogP contribution in [0.3, 0.4) is 0 Å². The zero-order valence-electron chi connectivity index (χ0n) is 13.3. The lowest BCUT2D eigenvalue weighted by molar-refractivity contribution is -0.137. The largest absolute Gasteiger partial charge is 0.481 e. The molecule has 0 aromatic rings. The molecule has 3 nitrogen and oxygen atoms in total. The fourth-order valence-electron chi connectivity index (χ4n) is 2.39. The number of ether oxygens (including phenoxy) is 1. The Bertz CT molecular complexity index is 333. The number of hydrogen-bond donors (Lipinski definition) is 1. The van der Waals surface area contributed by atoms with Crippen LogP contribution in [0.5, 0.6) is 0 Å². The van der Waals surface area contributed by atoms with Crippen LogP contribution in [0, 0.1) is 0 Å². The Hall–Kier alpha value is -1.09. The van der Waals surface area contributed by atoms with Crippen molar-refractivity contribution in [2.75, 3.05) is 0 Å². The van der Waals surface area contributed by atoms with Crippen molar-refractivity contribution in [3.63, 3.8) is 0 Å². The van der Waals surface area contributed by atoms with E-state index in [4.69, 9.17) is 9.84 Å². The summed E-state index contributed by atoms with van der Waals surface area (Å²) in [4.78, 5) is 10.4. The van der Waals surface area contributed by atoms with Gasteiger partial charge in [0.1, 0.15) is 0 Å². The van der Waals surface area contributed by atoms with Crippen molar-refractivity contribution < 1.29 is 14.6 Å². The lowest BCUT2D eigenvalue weighted by Gasteiger charge is -1.94. The van der Waals surface area contributed by atoms with Crippen molar-refractivity contribution in [2.24, 2.45) is 0 Å². The van der Waals surface area contributed by atoms with E-state index in [1.165, 1.54) is 25.7 Å². The van der Waals surface area contributed by atoms with Gasteiger partial charge in [0.25, 0.3) is 0 Å². The third-order valence-corrected chi connectivity index (χ3v) is 3.77. The molecule has 0 aliphatic carbocycles. The molecular formula is C18H30O3. The second kappa shape index (κ2) is 11.6. The summed E-state index contributed by atoms with van der Waals surface area (Å²) >= 11 is 0. The molecule has 2 unspecified atom stereocenters. The highest BCUT2D eigenvalue weighted by atomic mass is 16.6. The van der Waals surface area contributed by atoms with Crippen LogP contribution in [-0.4, -0.2) is 23.3 Å². The molecule has 1 aliphatic rings. The molecule has 1 rings (SSSR count). The first kappa shape index (κ1) is 18.0. The predicted octanol–water partition coefficient (Wildman–Crippen LogP) is 4.87. The standard InChI is InChI=1S/C18H30O3/c1-2-3-4-5-6-7-8-9-10-13-16-17(21-16)14-11-12-15-18(19)20/h6-7,9-10,16-17H,2-5,8,11-15H2,1H3,(H,19,20). The fraction of sp³-hybridized carbons (Fsp3) is 0.722. The topological polar surface area (TPSA) is 49.8 Å². The molecule has 3 heteroatoms. The van der Waals surface area contributed by atoms with Crippen LogP contribution in [0.25, 0.3) is 0 Å². The summed E-state index contributed by atoms with van der Waals surface area (Å²) in [6.45, 7) is 2.23. The highest BCUT2D eigenvalue weighted by Crippen LogP contribution is 2.30. The molecule has 0 bridgehead atoms. The van der Waals surface area contributed by atoms with Crippen molar-refractivity contribution in [3.8, 4) is 0 Å². The van der Waals surface area contributed by atoms with Crippen LogP contribution < -0.4 is 0 Å². The molecule has 0 amide bonds. The van der Waals surface area contributed by atoms with Crippen molar-refractivity contribution >= 4 is 5.97 Å². The van der Waals surface area contributed by atoms with Crippen molar-refractivity contribution in [3.05, 3.63) is 24.3 Å². The van der Waals surface area contributed by atoms with Gasteiger partial charge < -0.3 is 9.84 Å². The van der Waals surface area contributed by atoms with Gasteiger partial charge in [-0.25, -0.2) is 0 Å². The summed E-state index contributed by atoms with van der Waals surface area (Å²) < 4.78 is 5.58. The third kappa shape index (κ3) is 10.3. The fourth-order valence-corrected chi connectivity index (χ4v) is 2.39. The number of carbonyl (C=O) groups is 1. The third-order valence-electron chi connectivity index (χ3n) is 3.77. The van der Waals surface area contributed by atoms with Gasteiger partial charge in [0.15, 0.2) is 0 Å². The van der Waals surface area contributed by atoms with Gasteiger partial charge in [0.2, 0.25) is 0 Å². The molecule has 1 fully saturated rings. The van der Waals surface area contributed by atoms with Crippen molar-refractivity contribution in [1.82, 2.24) is 0 Å². The van der Waals surface area contributed by atoms with Crippen LogP contribution in [0.15, 0.2) is 24.3 Å². The molecular weight excluding hydrogens is 264 g/mol. The number of epoxide rings is 1. The summed E-state index contributed by atoms with van der Waals surface area (Å²) in [5, 5.41) is 8.55. The van der Waals surface area contributed by atoms with Crippen LogP contribution in [0.1, 0.15) is 71.1 Å². The number of allylic oxidation sites excluding steroid dienone is 3. The number of rotatable bonds is 13. The molecule has 0 spiro atoms. The Morgan fingerprint density at radius 3 is 2.62 bits per heavy atom. The van der Waals surface area contributed by atoms with Crippen molar-refractivity contribution in [2.45, 2.75) is 83.3 Å². The molecule has 1 heterocycles. The zero-order valence-corrected chi connectivity index (χ0v) is 13.3. The first-order chi connectivity index (χ1) is 10.2. The lowest BCUT2D eigenvalue weighted by Crippen LogP contribution is -1.96. The van der Waals surface area contributed by atoms with Gasteiger partial charge >= 0.3 is 5.97 Å². The molecule has 2 atom stereocenters. The summed E-state index contributed by atoms with van der Waals surface area (Å²) in [6, 6.07) is 0. The normalized spacial score (nSPS) is 21.4. The summed E-state index contributed by atoms with van der Waals surface area (Å²) in [7, 11) is 0. The maximum Gasteiger partial charge on any atom is 0.303 e. The second-order valence-corrected chi connectivity index (χ2v) is 5.76. The minimum absolute atomic E-state index is 0.280. The SMILES string of the molecule is CCCCCC=CCC=CCC1OC1CCCCC(=O)O. The van der Waals surface area contributed by atoms with E-state index in [9.17, 15) is 4.79 Å². The van der Waals surface area contributed by atoms with Gasteiger partial charge in [-0.2, -0.15) is 0 Å². The highest BCUT2D eigenvalue weighted by molar-refractivity contribution is 5.66. The molecule has 1 aliphatic heterocycles. The van der Waals surface area contributed by atoms with E-state index in [2.05, 4.69) is 31.2 Å². The first-order valence-electron chi connectivity index (χ1n) is 8.41. The van der Waals surface area contributed by atoms with Gasteiger partial charge in [-0.1, -0.05) is 50.5 Å². The van der Waals surface area contributed by atoms with Gasteiger partial charge in [0.05, 0.1) is 12.2 Å². The van der Waals surface area contributed by atoms with E-state index in [0.29, 0.717) is 12.2 Å². The van der Waals surface area contributed by atoms with E-state index in [1.807, 2.05) is 0 Å². The average Bonchev–Trinajstić information content (AvgIpc) is 3.20. The van der Waals surface area contributed by atoms with Gasteiger partial charge in [-0.05, 0) is 38.5 Å². The van der Waals surface area contributed by atoms with Crippen LogP contribution >= 0.6 is 0 Å². The maximum absolute atomic E-state index is 10.4. The smallest absolute Gasteiger partial charge is 0.303 e. The summed E-state index contributed by atoms with van der Waals surface area (Å²) in [5.74, 6) is -0.700. The number of hydrogen-bond acceptors (Lipinski definition) is 2. The number of carboxylic acid groups (broad SMARTS) is 1. The van der Waals surface area contributed by atoms with Gasteiger partial charge in [-0.3, -0.25) is 4.79 Å². The number of carboxylic acids is 1. The van der Waals surface area contributed by atoms with Gasteiger partial charge in [-0.15, -0.1) is 0 Å². The quantitative estimate of drug-likeness (QED) is 0.299. The monoisotopic (exact) mass is 294 g/mol. The molecule has 0 radical (unpaired) electrons. The van der Waals surface area contributed by atoms with E-state index >= 15 is 0 Å². The van der Waals surface area contributed by atoms with E-state index in [0.717, 1.165) is 32.1 Å². The van der Waals surface area contributed by atoms with Crippen molar-refractivity contribution in [1.29, 1.82) is 0 Å². The minimum Gasteiger partial charge on any atom is -0.481 e. The van der Waals surface area contributed by atoms with E-state index in [1.54, 1.807) is 0 Å². The lowest BCUT2D eigenvalue weighted by atomic mass is 10.1. The average molecular weight is 294 g/mol. The number of aliphatic carboxylic acids is 1. The molecule has 21 heavy (non-hydrogen) atoms. The van der Waals surface area contributed by atoms with Crippen LogP contribution in [0.2, 0.25) is 0 Å².